The number of hydrogen-bond acceptors (Lipinski definition) is 4. The van der Waals surface area contributed by atoms with E-state index in [9.17, 15) is 0 Å². The lowest BCUT2D eigenvalue weighted by molar-refractivity contribution is 0.359. The molecule has 0 radical (unpaired) electrons. The van der Waals surface area contributed by atoms with Crippen LogP contribution in [0, 0.1) is 13.8 Å². The lowest BCUT2D eigenvalue weighted by atomic mass is 10.0. The van der Waals surface area contributed by atoms with Crippen molar-refractivity contribution in [1.82, 2.24) is 4.90 Å². The molecule has 4 heteroatoms. The fraction of sp³-hybridized carbons (Fsp3) is 0.538. The minimum absolute atomic E-state index is 0.0156. The number of methoxy groups -OCH3 is 2. The van der Waals surface area contributed by atoms with E-state index in [2.05, 4.69) is 12.6 Å². The summed E-state index contributed by atoms with van der Waals surface area (Å²) in [6.45, 7) is 4.07. The van der Waals surface area contributed by atoms with Crippen molar-refractivity contribution in [2.24, 2.45) is 0 Å². The van der Waals surface area contributed by atoms with Gasteiger partial charge in [0, 0.05) is 5.56 Å². The lowest BCUT2D eigenvalue weighted by Crippen LogP contribution is -2.16. The van der Waals surface area contributed by atoms with Gasteiger partial charge in [0.2, 0.25) is 0 Å². The molecule has 0 amide bonds. The number of rotatable bonds is 4. The number of hydrogen-bond donors (Lipinski definition) is 1. The molecule has 0 N–H and O–H groups in total. The first-order valence-corrected chi connectivity index (χ1v) is 6.02. The highest BCUT2D eigenvalue weighted by molar-refractivity contribution is 7.80. The molecule has 1 atom stereocenters. The average molecular weight is 255 g/mol. The second-order valence-electron chi connectivity index (χ2n) is 4.29. The van der Waals surface area contributed by atoms with Crippen LogP contribution in [0.2, 0.25) is 0 Å². The van der Waals surface area contributed by atoms with Gasteiger partial charge in [0.25, 0.3) is 0 Å². The van der Waals surface area contributed by atoms with Gasteiger partial charge in [0.1, 0.15) is 11.5 Å². The number of nitrogens with zero attached hydrogens (tertiary/aromatic N) is 1. The van der Waals surface area contributed by atoms with Gasteiger partial charge >= 0.3 is 0 Å². The summed E-state index contributed by atoms with van der Waals surface area (Å²) < 4.78 is 10.9. The molecule has 1 aromatic carbocycles. The van der Waals surface area contributed by atoms with E-state index in [1.54, 1.807) is 14.2 Å². The van der Waals surface area contributed by atoms with Crippen molar-refractivity contribution >= 4 is 12.6 Å². The van der Waals surface area contributed by atoms with Crippen molar-refractivity contribution in [2.45, 2.75) is 19.2 Å². The van der Waals surface area contributed by atoms with Gasteiger partial charge in [0.05, 0.1) is 19.6 Å². The summed E-state index contributed by atoms with van der Waals surface area (Å²) in [6.07, 6.45) is 0. The zero-order valence-corrected chi connectivity index (χ0v) is 12.3. The van der Waals surface area contributed by atoms with E-state index in [0.29, 0.717) is 0 Å². The summed E-state index contributed by atoms with van der Waals surface area (Å²) >= 11 is 4.60. The first-order chi connectivity index (χ1) is 7.93. The maximum absolute atomic E-state index is 5.50. The highest BCUT2D eigenvalue weighted by Gasteiger charge is 2.19. The molecule has 0 aliphatic carbocycles. The summed E-state index contributed by atoms with van der Waals surface area (Å²) in [6, 6.07) is 2.00. The fourth-order valence-corrected chi connectivity index (χ4v) is 2.03. The van der Waals surface area contributed by atoms with Crippen molar-refractivity contribution in [3.8, 4) is 11.5 Å². The maximum atomic E-state index is 5.50. The smallest absolute Gasteiger partial charge is 0.127 e. The largest absolute Gasteiger partial charge is 0.496 e. The first-order valence-electron chi connectivity index (χ1n) is 5.50. The minimum atomic E-state index is -0.0156. The van der Waals surface area contributed by atoms with Crippen LogP contribution in [0.4, 0.5) is 0 Å². The quantitative estimate of drug-likeness (QED) is 0.660. The zero-order valence-electron chi connectivity index (χ0n) is 11.4. The molecule has 1 aromatic rings. The second-order valence-corrected chi connectivity index (χ2v) is 4.78. The molecule has 3 nitrogen and oxygen atoms in total. The summed E-state index contributed by atoms with van der Waals surface area (Å²) in [5.74, 6) is 1.76. The van der Waals surface area contributed by atoms with Crippen molar-refractivity contribution in [2.75, 3.05) is 28.3 Å². The molecule has 1 unspecified atom stereocenters. The summed E-state index contributed by atoms with van der Waals surface area (Å²) in [7, 11) is 7.34. The van der Waals surface area contributed by atoms with Crippen LogP contribution >= 0.6 is 12.6 Å². The third-order valence-corrected chi connectivity index (χ3v) is 3.75. The van der Waals surface area contributed by atoms with Crippen molar-refractivity contribution in [3.05, 3.63) is 22.8 Å². The lowest BCUT2D eigenvalue weighted by Gasteiger charge is -2.24. The third kappa shape index (κ3) is 2.69. The van der Waals surface area contributed by atoms with Crippen LogP contribution < -0.4 is 9.47 Å². The molecule has 0 aliphatic rings. The molecule has 0 fully saturated rings. The van der Waals surface area contributed by atoms with Gasteiger partial charge in [-0.3, -0.25) is 4.90 Å². The van der Waals surface area contributed by atoms with Crippen LogP contribution in [0.3, 0.4) is 0 Å². The van der Waals surface area contributed by atoms with Crippen molar-refractivity contribution in [1.29, 1.82) is 0 Å². The van der Waals surface area contributed by atoms with Gasteiger partial charge in [-0.2, -0.15) is 12.6 Å². The molecule has 0 heterocycles. The van der Waals surface area contributed by atoms with Gasteiger partial charge in [-0.25, -0.2) is 0 Å². The number of thiol groups is 1. The SMILES string of the molecule is COc1cc(C(S)N(C)C)c(OC)c(C)c1C. The normalized spacial score (nSPS) is 12.7. The summed E-state index contributed by atoms with van der Waals surface area (Å²) in [4.78, 5) is 2.02. The topological polar surface area (TPSA) is 21.7 Å². The Morgan fingerprint density at radius 3 is 2.12 bits per heavy atom. The molecule has 0 spiro atoms. The van der Waals surface area contributed by atoms with Crippen LogP contribution in [0.1, 0.15) is 22.1 Å². The van der Waals surface area contributed by atoms with E-state index in [1.165, 1.54) is 0 Å². The Morgan fingerprint density at radius 1 is 1.12 bits per heavy atom. The van der Waals surface area contributed by atoms with Crippen LogP contribution in [0.5, 0.6) is 11.5 Å². The molecule has 1 rings (SSSR count). The molecule has 0 bridgehead atoms. The predicted molar refractivity (Wildman–Crippen MR) is 74.4 cm³/mol. The predicted octanol–water partition coefficient (Wildman–Crippen LogP) is 2.81. The monoisotopic (exact) mass is 255 g/mol. The molecular weight excluding hydrogens is 234 g/mol. The van der Waals surface area contributed by atoms with Gasteiger partial charge < -0.3 is 9.47 Å². The zero-order chi connectivity index (χ0) is 13.2. The number of ether oxygens (including phenoxy) is 2. The standard InChI is InChI=1S/C13H21NO2S/c1-8-9(2)12(16-6)10(7-11(8)15-5)13(17)14(3)4/h7,13,17H,1-6H3. The average Bonchev–Trinajstić information content (AvgIpc) is 2.31. The Morgan fingerprint density at radius 2 is 1.71 bits per heavy atom. The first kappa shape index (κ1) is 14.2. The molecule has 0 saturated carbocycles. The van der Waals surface area contributed by atoms with Crippen molar-refractivity contribution in [3.63, 3.8) is 0 Å². The highest BCUT2D eigenvalue weighted by Crippen LogP contribution is 2.39. The summed E-state index contributed by atoms with van der Waals surface area (Å²) in [5, 5.41) is -0.0156. The van der Waals surface area contributed by atoms with Crippen LogP contribution in [-0.2, 0) is 0 Å². The van der Waals surface area contributed by atoms with Gasteiger partial charge in [-0.05, 0) is 45.1 Å². The fourth-order valence-electron chi connectivity index (χ4n) is 1.84. The van der Waals surface area contributed by atoms with Crippen molar-refractivity contribution < 1.29 is 9.47 Å². The molecule has 0 aliphatic heterocycles. The van der Waals surface area contributed by atoms with E-state index in [0.717, 1.165) is 28.2 Å². The second kappa shape index (κ2) is 5.65. The summed E-state index contributed by atoms with van der Waals surface area (Å²) in [5.41, 5.74) is 3.23. The van der Waals surface area contributed by atoms with Gasteiger partial charge in [-0.15, -0.1) is 0 Å². The molecule has 17 heavy (non-hydrogen) atoms. The van der Waals surface area contributed by atoms with Crippen LogP contribution in [0.15, 0.2) is 6.07 Å². The maximum Gasteiger partial charge on any atom is 0.127 e. The van der Waals surface area contributed by atoms with Crippen LogP contribution in [0.25, 0.3) is 0 Å². The van der Waals surface area contributed by atoms with E-state index in [-0.39, 0.29) is 5.37 Å². The molecular formula is C13H21NO2S. The number of benzene rings is 1. The van der Waals surface area contributed by atoms with E-state index < -0.39 is 0 Å². The Kier molecular flexibility index (Phi) is 4.71. The Labute approximate surface area is 109 Å². The van der Waals surface area contributed by atoms with Crippen LogP contribution in [-0.4, -0.2) is 33.2 Å². The highest BCUT2D eigenvalue weighted by atomic mass is 32.1. The molecule has 0 aromatic heterocycles. The van der Waals surface area contributed by atoms with E-state index in [4.69, 9.17) is 9.47 Å². The van der Waals surface area contributed by atoms with E-state index in [1.807, 2.05) is 38.9 Å². The molecule has 96 valence electrons. The Bertz CT molecular complexity index is 405. The van der Waals surface area contributed by atoms with Gasteiger partial charge in [-0.1, -0.05) is 0 Å². The molecule has 0 saturated heterocycles. The van der Waals surface area contributed by atoms with Gasteiger partial charge in [0.15, 0.2) is 0 Å². The Hall–Kier alpha value is -0.870. The Balaban J connectivity index is 3.42. The minimum Gasteiger partial charge on any atom is -0.496 e. The van der Waals surface area contributed by atoms with E-state index >= 15 is 0 Å². The third-order valence-electron chi connectivity index (χ3n) is 3.01.